The number of nitrogens with zero attached hydrogens (tertiary/aromatic N) is 1. The van der Waals surface area contributed by atoms with E-state index in [-0.39, 0.29) is 11.6 Å². The van der Waals surface area contributed by atoms with Gasteiger partial charge in [0.1, 0.15) is 5.69 Å². The maximum Gasteiger partial charge on any atom is 0.292 e. The molecule has 1 aliphatic rings. The van der Waals surface area contributed by atoms with Gasteiger partial charge in [-0.2, -0.15) is 0 Å². The molecule has 20 heavy (non-hydrogen) atoms. The van der Waals surface area contributed by atoms with Crippen LogP contribution in [0.4, 0.5) is 17.1 Å². The summed E-state index contributed by atoms with van der Waals surface area (Å²) in [6.07, 6.45) is 6.23. The fourth-order valence-electron chi connectivity index (χ4n) is 2.04. The van der Waals surface area contributed by atoms with Gasteiger partial charge in [-0.3, -0.25) is 14.9 Å². The zero-order chi connectivity index (χ0) is 14.9. The number of carbonyl (C=O) groups excluding carboxylic acids is 1. The van der Waals surface area contributed by atoms with Gasteiger partial charge in [0, 0.05) is 18.2 Å². The minimum Gasteiger partial charge on any atom is -0.364 e. The van der Waals surface area contributed by atoms with Crippen LogP contribution in [0.5, 0.6) is 0 Å². The van der Waals surface area contributed by atoms with Crippen molar-refractivity contribution in [1.29, 1.82) is 0 Å². The number of hydrogen-bond donors (Lipinski definition) is 2. The van der Waals surface area contributed by atoms with Crippen LogP contribution in [-0.2, 0) is 11.2 Å². The summed E-state index contributed by atoms with van der Waals surface area (Å²) >= 11 is 0. The van der Waals surface area contributed by atoms with Gasteiger partial charge in [0.15, 0.2) is 0 Å². The summed E-state index contributed by atoms with van der Waals surface area (Å²) in [6, 6.07) is 3.06. The first-order valence-electron chi connectivity index (χ1n) is 6.19. The van der Waals surface area contributed by atoms with Crippen LogP contribution in [0.15, 0.2) is 12.1 Å². The van der Waals surface area contributed by atoms with Crippen molar-refractivity contribution in [2.45, 2.75) is 32.2 Å². The molecule has 0 aromatic heterocycles. The van der Waals surface area contributed by atoms with Gasteiger partial charge < -0.3 is 10.6 Å². The van der Waals surface area contributed by atoms with E-state index in [1.807, 2.05) is 0 Å². The molecule has 104 valence electrons. The Morgan fingerprint density at radius 1 is 1.45 bits per heavy atom. The molecule has 1 aromatic rings. The lowest BCUT2D eigenvalue weighted by atomic mass is 10.00. The van der Waals surface area contributed by atoms with Crippen molar-refractivity contribution in [1.82, 2.24) is 0 Å². The Bertz CT molecular complexity index is 629. The highest BCUT2D eigenvalue weighted by Crippen LogP contribution is 2.35. The number of anilines is 2. The van der Waals surface area contributed by atoms with Crippen molar-refractivity contribution >= 4 is 23.0 Å². The van der Waals surface area contributed by atoms with Crippen LogP contribution in [0.25, 0.3) is 0 Å². The summed E-state index contributed by atoms with van der Waals surface area (Å²) in [6.45, 7) is 3.49. The van der Waals surface area contributed by atoms with Crippen LogP contribution in [0.1, 0.15) is 25.8 Å². The molecule has 2 rings (SSSR count). The molecule has 0 spiro atoms. The Hall–Kier alpha value is -2.55. The number of fused-ring (bicyclic) bond motifs is 1. The SMILES string of the molecule is C#CC(C)(C)Nc1cc2c(cc1[N+](=O)[O-])CCC(=O)N2. The molecular formula is C14H15N3O3. The average molecular weight is 273 g/mol. The number of terminal acetylenes is 1. The summed E-state index contributed by atoms with van der Waals surface area (Å²) in [4.78, 5) is 22.1. The van der Waals surface area contributed by atoms with Gasteiger partial charge in [0.05, 0.1) is 10.5 Å². The third-order valence-electron chi connectivity index (χ3n) is 3.12. The molecule has 0 unspecified atom stereocenters. The summed E-state index contributed by atoms with van der Waals surface area (Å²) < 4.78 is 0. The van der Waals surface area contributed by atoms with Gasteiger partial charge in [-0.15, -0.1) is 6.42 Å². The molecule has 6 heteroatoms. The lowest BCUT2D eigenvalue weighted by Crippen LogP contribution is -2.29. The molecule has 0 bridgehead atoms. The first-order chi connectivity index (χ1) is 9.32. The molecule has 1 aliphatic heterocycles. The smallest absolute Gasteiger partial charge is 0.292 e. The van der Waals surface area contributed by atoms with Crippen LogP contribution < -0.4 is 10.6 Å². The Labute approximate surface area is 116 Å². The molecule has 0 radical (unpaired) electrons. The Kier molecular flexibility index (Phi) is 3.36. The fraction of sp³-hybridized carbons (Fsp3) is 0.357. The van der Waals surface area contributed by atoms with Crippen molar-refractivity contribution < 1.29 is 9.72 Å². The van der Waals surface area contributed by atoms with E-state index < -0.39 is 10.5 Å². The van der Waals surface area contributed by atoms with Crippen molar-refractivity contribution in [3.05, 3.63) is 27.8 Å². The molecule has 0 saturated heterocycles. The lowest BCUT2D eigenvalue weighted by Gasteiger charge is -2.23. The van der Waals surface area contributed by atoms with E-state index >= 15 is 0 Å². The van der Waals surface area contributed by atoms with Crippen LogP contribution in [0.2, 0.25) is 0 Å². The minimum atomic E-state index is -0.725. The molecule has 1 heterocycles. The summed E-state index contributed by atoms with van der Waals surface area (Å²) in [5, 5.41) is 16.8. The van der Waals surface area contributed by atoms with E-state index in [2.05, 4.69) is 16.6 Å². The van der Waals surface area contributed by atoms with Crippen LogP contribution >= 0.6 is 0 Å². The Morgan fingerprint density at radius 3 is 2.75 bits per heavy atom. The Balaban J connectivity index is 2.49. The van der Waals surface area contributed by atoms with Crippen LogP contribution in [-0.4, -0.2) is 16.4 Å². The number of rotatable bonds is 3. The highest BCUT2D eigenvalue weighted by Gasteiger charge is 2.25. The first kappa shape index (κ1) is 13.9. The average Bonchev–Trinajstić information content (AvgIpc) is 2.37. The number of benzene rings is 1. The molecule has 0 saturated carbocycles. The third kappa shape index (κ3) is 2.72. The highest BCUT2D eigenvalue weighted by molar-refractivity contribution is 5.95. The Morgan fingerprint density at radius 2 is 2.15 bits per heavy atom. The second-order valence-corrected chi connectivity index (χ2v) is 5.23. The second-order valence-electron chi connectivity index (χ2n) is 5.23. The number of amides is 1. The summed E-state index contributed by atoms with van der Waals surface area (Å²) in [5.41, 5.74) is 0.905. The molecule has 6 nitrogen and oxygen atoms in total. The zero-order valence-electron chi connectivity index (χ0n) is 11.3. The minimum absolute atomic E-state index is 0.0387. The van der Waals surface area contributed by atoms with Gasteiger partial charge in [-0.05, 0) is 31.9 Å². The maximum atomic E-state index is 11.4. The molecule has 2 N–H and O–H groups in total. The molecule has 1 aromatic carbocycles. The highest BCUT2D eigenvalue weighted by atomic mass is 16.6. The molecule has 0 aliphatic carbocycles. The number of nitro benzene ring substituents is 1. The van der Waals surface area contributed by atoms with Crippen LogP contribution in [0, 0.1) is 22.5 Å². The van der Waals surface area contributed by atoms with Gasteiger partial charge >= 0.3 is 0 Å². The first-order valence-corrected chi connectivity index (χ1v) is 6.19. The van der Waals surface area contributed by atoms with Crippen molar-refractivity contribution in [3.63, 3.8) is 0 Å². The predicted octanol–water partition coefficient (Wildman–Crippen LogP) is 2.30. The molecule has 1 amide bonds. The van der Waals surface area contributed by atoms with Gasteiger partial charge in [0.25, 0.3) is 5.69 Å². The summed E-state index contributed by atoms with van der Waals surface area (Å²) in [7, 11) is 0. The van der Waals surface area contributed by atoms with Crippen molar-refractivity contribution in [2.75, 3.05) is 10.6 Å². The fourth-order valence-corrected chi connectivity index (χ4v) is 2.04. The topological polar surface area (TPSA) is 84.3 Å². The molecular weight excluding hydrogens is 258 g/mol. The molecule has 0 atom stereocenters. The normalized spacial score (nSPS) is 13.9. The largest absolute Gasteiger partial charge is 0.364 e. The van der Waals surface area contributed by atoms with Crippen molar-refractivity contribution in [2.24, 2.45) is 0 Å². The van der Waals surface area contributed by atoms with E-state index in [0.717, 1.165) is 5.56 Å². The van der Waals surface area contributed by atoms with E-state index in [0.29, 0.717) is 24.2 Å². The monoisotopic (exact) mass is 273 g/mol. The van der Waals surface area contributed by atoms with Gasteiger partial charge in [-0.1, -0.05) is 5.92 Å². The zero-order valence-corrected chi connectivity index (χ0v) is 11.3. The van der Waals surface area contributed by atoms with Gasteiger partial charge in [-0.25, -0.2) is 0 Å². The van der Waals surface area contributed by atoms with E-state index in [9.17, 15) is 14.9 Å². The number of aryl methyl sites for hydroxylation is 1. The predicted molar refractivity (Wildman–Crippen MR) is 76.6 cm³/mol. The number of carbonyl (C=O) groups is 1. The lowest BCUT2D eigenvalue weighted by molar-refractivity contribution is -0.384. The quantitative estimate of drug-likeness (QED) is 0.503. The number of hydrogen-bond acceptors (Lipinski definition) is 4. The standard InChI is InChI=1S/C14H15N3O3/c1-4-14(2,3)16-11-8-10-9(5-6-13(18)15-10)7-12(11)17(19)20/h1,7-8,16H,5-6H2,2-3H3,(H,15,18). The van der Waals surface area contributed by atoms with Crippen LogP contribution in [0.3, 0.4) is 0 Å². The van der Waals surface area contributed by atoms with E-state index in [1.165, 1.54) is 6.07 Å². The second kappa shape index (κ2) is 4.85. The summed E-state index contributed by atoms with van der Waals surface area (Å²) in [5.74, 6) is 2.43. The van der Waals surface area contributed by atoms with Crippen molar-refractivity contribution in [3.8, 4) is 12.3 Å². The van der Waals surface area contributed by atoms with Gasteiger partial charge in [0.2, 0.25) is 5.91 Å². The van der Waals surface area contributed by atoms with E-state index in [1.54, 1.807) is 19.9 Å². The number of nitro groups is 1. The number of nitrogens with one attached hydrogen (secondary N) is 2. The maximum absolute atomic E-state index is 11.4. The molecule has 0 fully saturated rings. The van der Waals surface area contributed by atoms with E-state index in [4.69, 9.17) is 6.42 Å². The third-order valence-corrected chi connectivity index (χ3v) is 3.12.